The highest BCUT2D eigenvalue weighted by atomic mass is 28.3. The number of hydrogen-bond donors (Lipinski definition) is 0. The van der Waals surface area contributed by atoms with Crippen LogP contribution in [-0.4, -0.2) is 26.6 Å². The zero-order valence-corrected chi connectivity index (χ0v) is 11.7. The number of nitrogens with zero attached hydrogens (tertiary/aromatic N) is 1. The van der Waals surface area contributed by atoms with Gasteiger partial charge in [0.25, 0.3) is 0 Å². The van der Waals surface area contributed by atoms with Crippen LogP contribution in [0.2, 0.25) is 19.6 Å². The first-order valence-corrected chi connectivity index (χ1v) is 9.21. The third-order valence-corrected chi connectivity index (χ3v) is 4.88. The Kier molecular flexibility index (Phi) is 4.11. The van der Waals surface area contributed by atoms with E-state index in [9.17, 15) is 0 Å². The van der Waals surface area contributed by atoms with Crippen molar-refractivity contribution in [2.24, 2.45) is 0 Å². The van der Waals surface area contributed by atoms with E-state index in [0.29, 0.717) is 0 Å². The van der Waals surface area contributed by atoms with E-state index in [1.807, 2.05) is 0 Å². The zero-order chi connectivity index (χ0) is 11.5. The van der Waals surface area contributed by atoms with Gasteiger partial charge in [-0.25, -0.2) is 0 Å². The van der Waals surface area contributed by atoms with E-state index < -0.39 is 8.07 Å². The predicted octanol–water partition coefficient (Wildman–Crippen LogP) is 2.68. The molecule has 0 fully saturated rings. The number of hydrogen-bond acceptors (Lipinski definition) is 1. The molecule has 84 valence electrons. The van der Waals surface area contributed by atoms with Crippen molar-refractivity contribution in [3.8, 4) is 0 Å². The Hall–Kier alpha value is -0.603. The lowest BCUT2D eigenvalue weighted by molar-refractivity contribution is 0.346. The minimum Gasteiger partial charge on any atom is -0.302 e. The van der Waals surface area contributed by atoms with Crippen LogP contribution in [-0.2, 0) is 6.54 Å². The van der Waals surface area contributed by atoms with E-state index >= 15 is 0 Å². The van der Waals surface area contributed by atoms with Crippen molar-refractivity contribution < 1.29 is 0 Å². The molecule has 0 atom stereocenters. The molecule has 1 aromatic carbocycles. The maximum absolute atomic E-state index is 2.39. The molecule has 0 N–H and O–H groups in total. The fraction of sp³-hybridized carbons (Fsp3) is 0.538. The van der Waals surface area contributed by atoms with Crippen LogP contribution in [0.3, 0.4) is 0 Å². The minimum absolute atomic E-state index is 1.06. The molecule has 0 aliphatic heterocycles. The third kappa shape index (κ3) is 3.80. The zero-order valence-electron chi connectivity index (χ0n) is 10.7. The summed E-state index contributed by atoms with van der Waals surface area (Å²) < 4.78 is 0. The maximum atomic E-state index is 2.39. The molecule has 0 radical (unpaired) electrons. The van der Waals surface area contributed by atoms with Gasteiger partial charge in [0.2, 0.25) is 0 Å². The lowest BCUT2D eigenvalue weighted by Crippen LogP contribution is -2.37. The van der Waals surface area contributed by atoms with Crippen molar-refractivity contribution in [2.45, 2.75) is 33.1 Å². The molecule has 1 aromatic rings. The summed E-state index contributed by atoms with van der Waals surface area (Å²) in [6.07, 6.45) is 0. The predicted molar refractivity (Wildman–Crippen MR) is 71.4 cm³/mol. The van der Waals surface area contributed by atoms with Crippen LogP contribution < -0.4 is 5.19 Å². The molecule has 0 heterocycles. The van der Waals surface area contributed by atoms with Gasteiger partial charge in [0.15, 0.2) is 0 Å². The second-order valence-electron chi connectivity index (χ2n) is 5.28. The van der Waals surface area contributed by atoms with E-state index in [4.69, 9.17) is 0 Å². The topological polar surface area (TPSA) is 3.24 Å². The monoisotopic (exact) mass is 221 g/mol. The van der Waals surface area contributed by atoms with Gasteiger partial charge in [0.05, 0.1) is 8.07 Å². The first kappa shape index (κ1) is 12.5. The van der Waals surface area contributed by atoms with Gasteiger partial charge in [0, 0.05) is 6.54 Å². The van der Waals surface area contributed by atoms with Crippen molar-refractivity contribution in [3.05, 3.63) is 29.8 Å². The van der Waals surface area contributed by atoms with Crippen molar-refractivity contribution in [1.82, 2.24) is 4.90 Å². The van der Waals surface area contributed by atoms with Crippen LogP contribution in [0.4, 0.5) is 0 Å². The van der Waals surface area contributed by atoms with Crippen LogP contribution in [0.1, 0.15) is 12.5 Å². The number of benzene rings is 1. The smallest absolute Gasteiger partial charge is 0.0775 e. The second kappa shape index (κ2) is 4.95. The molecule has 0 saturated heterocycles. The van der Waals surface area contributed by atoms with Crippen LogP contribution >= 0.6 is 0 Å². The molecule has 0 aliphatic rings. The van der Waals surface area contributed by atoms with Gasteiger partial charge in [0.1, 0.15) is 0 Å². The normalized spacial score (nSPS) is 12.1. The van der Waals surface area contributed by atoms with E-state index in [-0.39, 0.29) is 0 Å². The first-order chi connectivity index (χ1) is 6.93. The average molecular weight is 221 g/mol. The Bertz CT molecular complexity index is 297. The molecule has 0 aliphatic carbocycles. The minimum atomic E-state index is -1.12. The van der Waals surface area contributed by atoms with Crippen molar-refractivity contribution in [2.75, 3.05) is 13.6 Å². The molecule has 0 saturated carbocycles. The lowest BCUT2D eigenvalue weighted by atomic mass is 10.2. The van der Waals surface area contributed by atoms with Crippen molar-refractivity contribution >= 4 is 13.3 Å². The summed E-state index contributed by atoms with van der Waals surface area (Å²) in [6, 6.07) is 9.18. The van der Waals surface area contributed by atoms with E-state index in [2.05, 4.69) is 62.8 Å². The van der Waals surface area contributed by atoms with Crippen LogP contribution in [0.5, 0.6) is 0 Å². The van der Waals surface area contributed by atoms with Gasteiger partial charge in [-0.05, 0) is 19.2 Å². The fourth-order valence-corrected chi connectivity index (χ4v) is 2.70. The fourth-order valence-electron chi connectivity index (χ4n) is 1.53. The van der Waals surface area contributed by atoms with Crippen molar-refractivity contribution in [1.29, 1.82) is 0 Å². The maximum Gasteiger partial charge on any atom is 0.0775 e. The molecule has 15 heavy (non-hydrogen) atoms. The summed E-state index contributed by atoms with van der Waals surface area (Å²) in [4.78, 5) is 2.32. The highest BCUT2D eigenvalue weighted by molar-refractivity contribution is 6.88. The van der Waals surface area contributed by atoms with Gasteiger partial charge in [-0.1, -0.05) is 56.0 Å². The molecule has 2 heteroatoms. The standard InChI is InChI=1S/C13H23NSi/c1-6-14(2)11-12-7-9-13(10-8-12)15(3,4)5/h7-10H,6,11H2,1-5H3. The van der Waals surface area contributed by atoms with Gasteiger partial charge < -0.3 is 4.90 Å². The summed E-state index contributed by atoms with van der Waals surface area (Å²) in [5.74, 6) is 0. The van der Waals surface area contributed by atoms with Crippen LogP contribution in [0, 0.1) is 0 Å². The van der Waals surface area contributed by atoms with Gasteiger partial charge >= 0.3 is 0 Å². The summed E-state index contributed by atoms with van der Waals surface area (Å²) in [5.41, 5.74) is 1.42. The third-order valence-electron chi connectivity index (χ3n) is 2.81. The molecular formula is C13H23NSi. The van der Waals surface area contributed by atoms with E-state index in [1.54, 1.807) is 5.19 Å². The molecule has 0 aromatic heterocycles. The quantitative estimate of drug-likeness (QED) is 0.707. The lowest BCUT2D eigenvalue weighted by Gasteiger charge is -2.18. The molecule has 0 bridgehead atoms. The Labute approximate surface area is 95.1 Å². The van der Waals surface area contributed by atoms with Gasteiger partial charge in [-0.2, -0.15) is 0 Å². The molecule has 0 unspecified atom stereocenters. The summed E-state index contributed by atoms with van der Waals surface area (Å²) in [7, 11) is 1.04. The van der Waals surface area contributed by atoms with Crippen LogP contribution in [0.25, 0.3) is 0 Å². The summed E-state index contributed by atoms with van der Waals surface area (Å²) in [6.45, 7) is 11.5. The van der Waals surface area contributed by atoms with Gasteiger partial charge in [-0.3, -0.25) is 0 Å². The largest absolute Gasteiger partial charge is 0.302 e. The molecular weight excluding hydrogens is 198 g/mol. The first-order valence-electron chi connectivity index (χ1n) is 5.71. The second-order valence-corrected chi connectivity index (χ2v) is 10.4. The molecule has 0 amide bonds. The molecule has 0 spiro atoms. The van der Waals surface area contributed by atoms with E-state index in [1.165, 1.54) is 5.56 Å². The average Bonchev–Trinajstić information content (AvgIpc) is 2.17. The SMILES string of the molecule is CCN(C)Cc1ccc([Si](C)(C)C)cc1. The Balaban J connectivity index is 2.73. The van der Waals surface area contributed by atoms with E-state index in [0.717, 1.165) is 13.1 Å². The van der Waals surface area contributed by atoms with Crippen molar-refractivity contribution in [3.63, 3.8) is 0 Å². The molecule has 1 rings (SSSR count). The Morgan fingerprint density at radius 3 is 2.00 bits per heavy atom. The Morgan fingerprint density at radius 1 is 1.07 bits per heavy atom. The van der Waals surface area contributed by atoms with Crippen LogP contribution in [0.15, 0.2) is 24.3 Å². The highest BCUT2D eigenvalue weighted by Gasteiger charge is 2.15. The highest BCUT2D eigenvalue weighted by Crippen LogP contribution is 2.06. The summed E-state index contributed by atoms with van der Waals surface area (Å²) in [5, 5.41) is 1.55. The number of rotatable bonds is 4. The molecule has 1 nitrogen and oxygen atoms in total. The summed E-state index contributed by atoms with van der Waals surface area (Å²) >= 11 is 0. The Morgan fingerprint density at radius 2 is 1.60 bits per heavy atom. The van der Waals surface area contributed by atoms with Gasteiger partial charge in [-0.15, -0.1) is 0 Å².